The van der Waals surface area contributed by atoms with Crippen molar-refractivity contribution in [2.75, 3.05) is 20.6 Å². The summed E-state index contributed by atoms with van der Waals surface area (Å²) < 4.78 is 78.4. The zero-order valence-electron chi connectivity index (χ0n) is 15.9. The summed E-state index contributed by atoms with van der Waals surface area (Å²) in [6, 6.07) is 9.83. The van der Waals surface area contributed by atoms with E-state index < -0.39 is 51.5 Å². The Morgan fingerprint density at radius 3 is 2.20 bits per heavy atom. The van der Waals surface area contributed by atoms with Gasteiger partial charge in [-0.1, -0.05) is 12.1 Å². The molecule has 0 aliphatic rings. The highest BCUT2D eigenvalue weighted by molar-refractivity contribution is 7.89. The molecular formula is C19H17F4N3O3S. The number of benzene rings is 2. The first-order chi connectivity index (χ1) is 13.8. The van der Waals surface area contributed by atoms with Crippen molar-refractivity contribution >= 4 is 15.9 Å². The molecule has 2 aromatic rings. The van der Waals surface area contributed by atoms with E-state index >= 15 is 0 Å². The Balaban J connectivity index is 2.44. The van der Waals surface area contributed by atoms with Crippen molar-refractivity contribution in [1.29, 1.82) is 5.26 Å². The molecule has 0 aliphatic heterocycles. The van der Waals surface area contributed by atoms with E-state index in [1.165, 1.54) is 24.3 Å². The van der Waals surface area contributed by atoms with Crippen molar-refractivity contribution in [3.63, 3.8) is 0 Å². The van der Waals surface area contributed by atoms with Crippen LogP contribution >= 0.6 is 0 Å². The molecule has 0 heterocycles. The van der Waals surface area contributed by atoms with Crippen molar-refractivity contribution in [1.82, 2.24) is 9.21 Å². The third-order valence-electron chi connectivity index (χ3n) is 4.05. The maximum atomic E-state index is 14.0. The maximum Gasteiger partial charge on any atom is 0.406 e. The predicted molar refractivity (Wildman–Crippen MR) is 99.2 cm³/mol. The van der Waals surface area contributed by atoms with Gasteiger partial charge in [0.05, 0.1) is 11.6 Å². The number of halogens is 4. The van der Waals surface area contributed by atoms with Gasteiger partial charge in [0, 0.05) is 26.2 Å². The van der Waals surface area contributed by atoms with Crippen LogP contribution in [0, 0.1) is 17.1 Å². The first kappa shape index (κ1) is 23.3. The number of hydrogen-bond acceptors (Lipinski definition) is 4. The molecule has 0 spiro atoms. The average Bonchev–Trinajstić information content (AvgIpc) is 2.66. The van der Waals surface area contributed by atoms with E-state index in [0.717, 1.165) is 36.6 Å². The summed E-state index contributed by atoms with van der Waals surface area (Å²) in [6.07, 6.45) is -4.72. The van der Waals surface area contributed by atoms with Crippen LogP contribution in [0.4, 0.5) is 17.6 Å². The fraction of sp³-hybridized carbons (Fsp3) is 0.263. The molecule has 0 fully saturated rings. The van der Waals surface area contributed by atoms with Gasteiger partial charge in [0.1, 0.15) is 17.3 Å². The number of rotatable bonds is 6. The van der Waals surface area contributed by atoms with Gasteiger partial charge in [-0.2, -0.15) is 18.4 Å². The van der Waals surface area contributed by atoms with Gasteiger partial charge in [0.2, 0.25) is 10.0 Å². The fourth-order valence-electron chi connectivity index (χ4n) is 2.53. The zero-order chi connectivity index (χ0) is 22.7. The third-order valence-corrected chi connectivity index (χ3v) is 5.88. The van der Waals surface area contributed by atoms with Crippen molar-refractivity contribution < 1.29 is 30.8 Å². The molecule has 2 aromatic carbocycles. The molecule has 0 saturated heterocycles. The molecule has 160 valence electrons. The van der Waals surface area contributed by atoms with Crippen LogP contribution < -0.4 is 0 Å². The molecule has 11 heteroatoms. The standard InChI is InChI=1S/C19H17F4N3O3S/c1-25(2)30(28,29)17-9-15(7-8-16(17)20)18(27)26(12-19(21,22)23)11-14-5-3-13(10-24)4-6-14/h3-9H,11-12H2,1-2H3. The summed E-state index contributed by atoms with van der Waals surface area (Å²) in [7, 11) is -1.94. The summed E-state index contributed by atoms with van der Waals surface area (Å²) in [5.41, 5.74) is 0.217. The lowest BCUT2D eigenvalue weighted by atomic mass is 10.1. The second-order valence-corrected chi connectivity index (χ2v) is 8.64. The van der Waals surface area contributed by atoms with E-state index in [-0.39, 0.29) is 0 Å². The molecule has 0 aromatic heterocycles. The van der Waals surface area contributed by atoms with Gasteiger partial charge in [-0.15, -0.1) is 0 Å². The Labute approximate surface area is 171 Å². The Kier molecular flexibility index (Phi) is 6.84. The minimum absolute atomic E-state index is 0.296. The van der Waals surface area contributed by atoms with Crippen molar-refractivity contribution in [3.8, 4) is 6.07 Å². The Hall–Kier alpha value is -2.97. The van der Waals surface area contributed by atoms with Crippen molar-refractivity contribution in [3.05, 3.63) is 65.0 Å². The van der Waals surface area contributed by atoms with Crippen LogP contribution in [0.1, 0.15) is 21.5 Å². The zero-order valence-corrected chi connectivity index (χ0v) is 16.8. The minimum atomic E-state index is -4.72. The summed E-state index contributed by atoms with van der Waals surface area (Å²) in [4.78, 5) is 12.4. The van der Waals surface area contributed by atoms with Gasteiger partial charge in [-0.05, 0) is 35.9 Å². The smallest absolute Gasteiger partial charge is 0.325 e. The van der Waals surface area contributed by atoms with E-state index in [1.54, 1.807) is 0 Å². The molecule has 6 nitrogen and oxygen atoms in total. The summed E-state index contributed by atoms with van der Waals surface area (Å²) in [5, 5.41) is 8.81. The molecule has 2 rings (SSSR count). The van der Waals surface area contributed by atoms with Gasteiger partial charge < -0.3 is 4.90 Å². The van der Waals surface area contributed by atoms with E-state index in [1.807, 2.05) is 6.07 Å². The number of carbonyl (C=O) groups excluding carboxylic acids is 1. The van der Waals surface area contributed by atoms with Crippen LogP contribution in [0.15, 0.2) is 47.4 Å². The number of carbonyl (C=O) groups is 1. The van der Waals surface area contributed by atoms with E-state index in [4.69, 9.17) is 5.26 Å². The van der Waals surface area contributed by atoms with Crippen LogP contribution in [0.25, 0.3) is 0 Å². The molecule has 0 unspecified atom stereocenters. The Morgan fingerprint density at radius 1 is 1.10 bits per heavy atom. The van der Waals surface area contributed by atoms with Crippen molar-refractivity contribution in [2.24, 2.45) is 0 Å². The number of hydrogen-bond donors (Lipinski definition) is 0. The fourth-order valence-corrected chi connectivity index (χ4v) is 3.52. The molecule has 0 aliphatic carbocycles. The van der Waals surface area contributed by atoms with Crippen LogP contribution in [0.3, 0.4) is 0 Å². The summed E-state index contributed by atoms with van der Waals surface area (Å²) >= 11 is 0. The molecule has 0 N–H and O–H groups in total. The second-order valence-electron chi connectivity index (χ2n) is 6.52. The van der Waals surface area contributed by atoms with E-state index in [0.29, 0.717) is 16.0 Å². The quantitative estimate of drug-likeness (QED) is 0.643. The largest absolute Gasteiger partial charge is 0.406 e. The summed E-state index contributed by atoms with van der Waals surface area (Å²) in [5.74, 6) is -2.25. The summed E-state index contributed by atoms with van der Waals surface area (Å²) in [6.45, 7) is -2.05. The monoisotopic (exact) mass is 443 g/mol. The van der Waals surface area contributed by atoms with E-state index in [2.05, 4.69) is 0 Å². The van der Waals surface area contributed by atoms with Crippen LogP contribution in [0.5, 0.6) is 0 Å². The second kappa shape index (κ2) is 8.81. The maximum absolute atomic E-state index is 14.0. The predicted octanol–water partition coefficient (Wildman–Crippen LogP) is 3.15. The number of amides is 1. The Bertz CT molecular complexity index is 1080. The highest BCUT2D eigenvalue weighted by Gasteiger charge is 2.34. The molecule has 0 saturated carbocycles. The van der Waals surface area contributed by atoms with Gasteiger partial charge >= 0.3 is 6.18 Å². The van der Waals surface area contributed by atoms with Gasteiger partial charge in [-0.25, -0.2) is 17.1 Å². The molecular weight excluding hydrogens is 426 g/mol. The average molecular weight is 443 g/mol. The van der Waals surface area contributed by atoms with E-state index in [9.17, 15) is 30.8 Å². The number of alkyl halides is 3. The molecule has 0 atom stereocenters. The van der Waals surface area contributed by atoms with Crippen LogP contribution in [-0.2, 0) is 16.6 Å². The lowest BCUT2D eigenvalue weighted by molar-refractivity contribution is -0.141. The van der Waals surface area contributed by atoms with Crippen LogP contribution in [-0.4, -0.2) is 50.3 Å². The third kappa shape index (κ3) is 5.55. The number of nitrogens with zero attached hydrogens (tertiary/aromatic N) is 3. The van der Waals surface area contributed by atoms with Gasteiger partial charge in [-0.3, -0.25) is 4.79 Å². The Morgan fingerprint density at radius 2 is 1.70 bits per heavy atom. The first-order valence-electron chi connectivity index (χ1n) is 8.42. The molecule has 0 bridgehead atoms. The topological polar surface area (TPSA) is 81.5 Å². The first-order valence-corrected chi connectivity index (χ1v) is 9.86. The lowest BCUT2D eigenvalue weighted by Crippen LogP contribution is -2.38. The number of nitriles is 1. The molecule has 1 amide bonds. The normalized spacial score (nSPS) is 11.9. The highest BCUT2D eigenvalue weighted by Crippen LogP contribution is 2.23. The molecule has 30 heavy (non-hydrogen) atoms. The van der Waals surface area contributed by atoms with Crippen LogP contribution in [0.2, 0.25) is 0 Å². The SMILES string of the molecule is CN(C)S(=O)(=O)c1cc(C(=O)N(Cc2ccc(C#N)cc2)CC(F)(F)F)ccc1F. The minimum Gasteiger partial charge on any atom is -0.325 e. The van der Waals surface area contributed by atoms with Crippen molar-refractivity contribution in [2.45, 2.75) is 17.6 Å². The number of sulfonamides is 1. The molecule has 0 radical (unpaired) electrons. The highest BCUT2D eigenvalue weighted by atomic mass is 32.2. The van der Waals surface area contributed by atoms with Gasteiger partial charge in [0.15, 0.2) is 0 Å². The van der Waals surface area contributed by atoms with Gasteiger partial charge in [0.25, 0.3) is 5.91 Å². The lowest BCUT2D eigenvalue weighted by Gasteiger charge is -2.24.